The molecule has 0 aliphatic carbocycles. The second-order valence-electron chi connectivity index (χ2n) is 7.25. The van der Waals surface area contributed by atoms with Crippen molar-refractivity contribution in [1.82, 2.24) is 15.0 Å². The maximum Gasteiger partial charge on any atom is 0.253 e. The second-order valence-corrected chi connectivity index (χ2v) is 7.25. The van der Waals surface area contributed by atoms with E-state index in [0.717, 1.165) is 36.2 Å². The van der Waals surface area contributed by atoms with Crippen LogP contribution in [0.15, 0.2) is 22.7 Å². The van der Waals surface area contributed by atoms with Gasteiger partial charge >= 0.3 is 0 Å². The average molecular weight is 357 g/mol. The molecule has 6 heteroatoms. The summed E-state index contributed by atoms with van der Waals surface area (Å²) in [5.41, 5.74) is 2.91. The maximum absolute atomic E-state index is 12.9. The summed E-state index contributed by atoms with van der Waals surface area (Å²) in [6.07, 6.45) is 2.45. The number of aryl methyl sites for hydroxylation is 3. The Kier molecular flexibility index (Phi) is 5.41. The molecule has 0 radical (unpaired) electrons. The van der Waals surface area contributed by atoms with Gasteiger partial charge in [-0.2, -0.15) is 4.98 Å². The number of carbonyl (C=O) groups is 1. The van der Waals surface area contributed by atoms with E-state index in [4.69, 9.17) is 9.26 Å². The van der Waals surface area contributed by atoms with Crippen LogP contribution in [-0.4, -0.2) is 47.8 Å². The van der Waals surface area contributed by atoms with Crippen LogP contribution < -0.4 is 0 Å². The molecular weight excluding hydrogens is 330 g/mol. The summed E-state index contributed by atoms with van der Waals surface area (Å²) >= 11 is 0. The molecule has 0 unspecified atom stereocenters. The van der Waals surface area contributed by atoms with E-state index < -0.39 is 0 Å². The summed E-state index contributed by atoms with van der Waals surface area (Å²) in [5.74, 6) is 1.41. The molecule has 140 valence electrons. The number of hydrogen-bond acceptors (Lipinski definition) is 5. The molecular formula is C20H27N3O3. The lowest BCUT2D eigenvalue weighted by molar-refractivity contribution is 0.0616. The van der Waals surface area contributed by atoms with Crippen molar-refractivity contribution in [2.75, 3.05) is 26.8 Å². The predicted molar refractivity (Wildman–Crippen MR) is 98.3 cm³/mol. The molecule has 6 nitrogen and oxygen atoms in total. The van der Waals surface area contributed by atoms with Gasteiger partial charge in [0.05, 0.1) is 0 Å². The molecule has 1 aromatic heterocycles. The van der Waals surface area contributed by atoms with Crippen LogP contribution in [-0.2, 0) is 10.2 Å². The Morgan fingerprint density at radius 3 is 2.54 bits per heavy atom. The number of aromatic nitrogens is 2. The predicted octanol–water partition coefficient (Wildman–Crippen LogP) is 3.21. The molecule has 1 aromatic carbocycles. The van der Waals surface area contributed by atoms with Gasteiger partial charge in [-0.05, 0) is 56.4 Å². The normalized spacial score (nSPS) is 16.7. The van der Waals surface area contributed by atoms with Gasteiger partial charge in [0.25, 0.3) is 5.91 Å². The van der Waals surface area contributed by atoms with Gasteiger partial charge in [-0.3, -0.25) is 4.79 Å². The fraction of sp³-hybridized carbons (Fsp3) is 0.550. The summed E-state index contributed by atoms with van der Waals surface area (Å²) < 4.78 is 10.5. The molecule has 3 rings (SSSR count). The highest BCUT2D eigenvalue weighted by molar-refractivity contribution is 5.94. The van der Waals surface area contributed by atoms with Crippen LogP contribution in [0.1, 0.15) is 52.5 Å². The topological polar surface area (TPSA) is 68.5 Å². The average Bonchev–Trinajstić information content (AvgIpc) is 3.09. The number of ether oxygens (including phenoxy) is 1. The maximum atomic E-state index is 12.9. The number of nitrogens with zero attached hydrogens (tertiary/aromatic N) is 3. The number of methoxy groups -OCH3 is 1. The monoisotopic (exact) mass is 357 g/mol. The van der Waals surface area contributed by atoms with Crippen LogP contribution in [0.5, 0.6) is 0 Å². The Morgan fingerprint density at radius 1 is 1.23 bits per heavy atom. The van der Waals surface area contributed by atoms with Gasteiger partial charge in [-0.1, -0.05) is 11.2 Å². The molecule has 1 saturated heterocycles. The summed E-state index contributed by atoms with van der Waals surface area (Å²) in [5, 5.41) is 4.17. The Morgan fingerprint density at radius 2 is 1.96 bits per heavy atom. The van der Waals surface area contributed by atoms with Gasteiger partial charge in [0, 0.05) is 44.7 Å². The van der Waals surface area contributed by atoms with Gasteiger partial charge in [0.15, 0.2) is 5.82 Å². The smallest absolute Gasteiger partial charge is 0.253 e. The van der Waals surface area contributed by atoms with Gasteiger partial charge in [-0.15, -0.1) is 0 Å². The minimum Gasteiger partial charge on any atom is -0.385 e. The molecule has 0 bridgehead atoms. The zero-order chi connectivity index (χ0) is 18.7. The zero-order valence-electron chi connectivity index (χ0n) is 16.0. The highest BCUT2D eigenvalue weighted by atomic mass is 16.5. The van der Waals surface area contributed by atoms with E-state index in [1.165, 1.54) is 5.56 Å². The quantitative estimate of drug-likeness (QED) is 0.822. The summed E-state index contributed by atoms with van der Waals surface area (Å²) in [4.78, 5) is 19.3. The Bertz CT molecular complexity index is 776. The molecule has 26 heavy (non-hydrogen) atoms. The van der Waals surface area contributed by atoms with Gasteiger partial charge in [0.1, 0.15) is 0 Å². The molecule has 2 heterocycles. The summed E-state index contributed by atoms with van der Waals surface area (Å²) in [6, 6.07) is 5.91. The zero-order valence-corrected chi connectivity index (χ0v) is 16.0. The molecule has 1 aliphatic heterocycles. The van der Waals surface area contributed by atoms with Crippen molar-refractivity contribution in [3.63, 3.8) is 0 Å². The number of benzene rings is 1. The van der Waals surface area contributed by atoms with Gasteiger partial charge in [0.2, 0.25) is 5.89 Å². The lowest BCUT2D eigenvalue weighted by atomic mass is 9.75. The van der Waals surface area contributed by atoms with E-state index in [0.29, 0.717) is 25.6 Å². The Hall–Kier alpha value is -2.21. The lowest BCUT2D eigenvalue weighted by Crippen LogP contribution is -2.46. The van der Waals surface area contributed by atoms with Crippen LogP contribution in [0, 0.1) is 20.8 Å². The second kappa shape index (κ2) is 7.58. The Balaban J connectivity index is 1.74. The minimum absolute atomic E-state index is 0.0951. The SMILES string of the molecule is COCCC1(c2noc(C)n2)CCN(C(=O)c2ccc(C)c(C)c2)CC1. The van der Waals surface area contributed by atoms with Crippen LogP contribution in [0.25, 0.3) is 0 Å². The Labute approximate surface area is 154 Å². The van der Waals surface area contributed by atoms with Crippen molar-refractivity contribution in [1.29, 1.82) is 0 Å². The molecule has 1 amide bonds. The van der Waals surface area contributed by atoms with Crippen molar-refractivity contribution in [2.45, 2.75) is 45.4 Å². The first-order valence-corrected chi connectivity index (χ1v) is 9.11. The van der Waals surface area contributed by atoms with E-state index in [2.05, 4.69) is 17.1 Å². The molecule has 0 atom stereocenters. The van der Waals surface area contributed by atoms with Crippen molar-refractivity contribution in [2.24, 2.45) is 0 Å². The molecule has 1 fully saturated rings. The van der Waals surface area contributed by atoms with Crippen molar-refractivity contribution in [3.8, 4) is 0 Å². The number of rotatable bonds is 5. The highest BCUT2D eigenvalue weighted by Gasteiger charge is 2.41. The van der Waals surface area contributed by atoms with E-state index in [9.17, 15) is 4.79 Å². The molecule has 0 N–H and O–H groups in total. The third-order valence-electron chi connectivity index (χ3n) is 5.55. The van der Waals surface area contributed by atoms with E-state index in [-0.39, 0.29) is 11.3 Å². The number of likely N-dealkylation sites (tertiary alicyclic amines) is 1. The first-order valence-electron chi connectivity index (χ1n) is 9.11. The highest BCUT2D eigenvalue weighted by Crippen LogP contribution is 2.37. The lowest BCUT2D eigenvalue weighted by Gasteiger charge is -2.39. The number of piperidine rings is 1. The standard InChI is InChI=1S/C20H27N3O3/c1-14-5-6-17(13-15(14)2)18(24)23-10-7-20(8-11-23,9-12-25-4)19-21-16(3)26-22-19/h5-6,13H,7-12H2,1-4H3. The van der Waals surface area contributed by atoms with E-state index >= 15 is 0 Å². The molecule has 0 spiro atoms. The molecule has 2 aromatic rings. The van der Waals surface area contributed by atoms with Crippen LogP contribution in [0.3, 0.4) is 0 Å². The van der Waals surface area contributed by atoms with Crippen molar-refractivity contribution >= 4 is 5.91 Å². The summed E-state index contributed by atoms with van der Waals surface area (Å²) in [7, 11) is 1.70. The number of carbonyl (C=O) groups excluding carboxylic acids is 1. The first-order chi connectivity index (χ1) is 12.4. The van der Waals surface area contributed by atoms with Crippen LogP contribution >= 0.6 is 0 Å². The molecule has 0 saturated carbocycles. The minimum atomic E-state index is -0.187. The van der Waals surface area contributed by atoms with Crippen LogP contribution in [0.4, 0.5) is 0 Å². The number of hydrogen-bond donors (Lipinski definition) is 0. The van der Waals surface area contributed by atoms with Crippen molar-refractivity contribution < 1.29 is 14.1 Å². The van der Waals surface area contributed by atoms with Crippen molar-refractivity contribution in [3.05, 3.63) is 46.6 Å². The fourth-order valence-electron chi connectivity index (χ4n) is 3.59. The van der Waals surface area contributed by atoms with Gasteiger partial charge < -0.3 is 14.2 Å². The fourth-order valence-corrected chi connectivity index (χ4v) is 3.59. The molecule has 1 aliphatic rings. The summed E-state index contributed by atoms with van der Waals surface area (Å²) in [6.45, 7) is 7.90. The van der Waals surface area contributed by atoms with Gasteiger partial charge in [-0.25, -0.2) is 0 Å². The van der Waals surface area contributed by atoms with E-state index in [1.807, 2.05) is 30.0 Å². The number of amides is 1. The van der Waals surface area contributed by atoms with Crippen LogP contribution in [0.2, 0.25) is 0 Å². The third kappa shape index (κ3) is 3.65. The largest absolute Gasteiger partial charge is 0.385 e. The van der Waals surface area contributed by atoms with E-state index in [1.54, 1.807) is 14.0 Å². The third-order valence-corrected chi connectivity index (χ3v) is 5.55. The first kappa shape index (κ1) is 18.6.